The summed E-state index contributed by atoms with van der Waals surface area (Å²) < 4.78 is 2.30. The number of benzene rings is 1. The lowest BCUT2D eigenvalue weighted by Gasteiger charge is -2.25. The molecule has 5 rings (SSSR count). The minimum Gasteiger partial charge on any atom is -0.340 e. The SMILES string of the molecule is C.CN1CCc2ccc(Nc3ccc4c5c(n(C)c4n3)CCCC5)cc2C1. The van der Waals surface area contributed by atoms with E-state index in [1.807, 2.05) is 0 Å². The summed E-state index contributed by atoms with van der Waals surface area (Å²) in [5.74, 6) is 0.930. The molecule has 0 unspecified atom stereocenters. The van der Waals surface area contributed by atoms with Crippen molar-refractivity contribution in [3.63, 3.8) is 0 Å². The Bertz CT molecular complexity index is 986. The highest BCUT2D eigenvalue weighted by Crippen LogP contribution is 2.32. The maximum Gasteiger partial charge on any atom is 0.142 e. The molecule has 142 valence electrons. The molecule has 3 heterocycles. The number of nitrogens with one attached hydrogen (secondary N) is 1. The van der Waals surface area contributed by atoms with E-state index in [4.69, 9.17) is 4.98 Å². The third-order valence-corrected chi connectivity index (χ3v) is 6.04. The summed E-state index contributed by atoms with van der Waals surface area (Å²) in [5, 5.41) is 4.86. The van der Waals surface area contributed by atoms with Gasteiger partial charge in [-0.3, -0.25) is 0 Å². The van der Waals surface area contributed by atoms with Crippen molar-refractivity contribution < 1.29 is 0 Å². The number of anilines is 2. The number of fused-ring (bicyclic) bond motifs is 4. The second-order valence-corrected chi connectivity index (χ2v) is 7.86. The smallest absolute Gasteiger partial charge is 0.142 e. The highest BCUT2D eigenvalue weighted by molar-refractivity contribution is 5.84. The molecule has 0 spiro atoms. The molecule has 3 aromatic rings. The van der Waals surface area contributed by atoms with Gasteiger partial charge in [-0.1, -0.05) is 13.5 Å². The second kappa shape index (κ2) is 7.01. The highest BCUT2D eigenvalue weighted by Gasteiger charge is 2.19. The van der Waals surface area contributed by atoms with Crippen molar-refractivity contribution in [1.29, 1.82) is 0 Å². The van der Waals surface area contributed by atoms with Gasteiger partial charge in [0.05, 0.1) is 0 Å². The van der Waals surface area contributed by atoms with Crippen LogP contribution < -0.4 is 5.32 Å². The average Bonchev–Trinajstić information content (AvgIpc) is 2.94. The molecule has 1 aliphatic heterocycles. The third-order valence-electron chi connectivity index (χ3n) is 6.04. The van der Waals surface area contributed by atoms with Gasteiger partial charge in [-0.2, -0.15) is 0 Å². The highest BCUT2D eigenvalue weighted by atomic mass is 15.1. The Hall–Kier alpha value is -2.33. The molecule has 4 heteroatoms. The van der Waals surface area contributed by atoms with Gasteiger partial charge in [0, 0.05) is 36.9 Å². The molecule has 0 bridgehead atoms. The van der Waals surface area contributed by atoms with Crippen LogP contribution in [0.5, 0.6) is 0 Å². The first-order valence-electron chi connectivity index (χ1n) is 9.73. The quantitative estimate of drug-likeness (QED) is 0.709. The first kappa shape index (κ1) is 18.1. The lowest BCUT2D eigenvalue weighted by atomic mass is 9.96. The molecule has 1 N–H and O–H groups in total. The Balaban J connectivity index is 0.00000180. The van der Waals surface area contributed by atoms with Crippen LogP contribution in [0, 0.1) is 0 Å². The number of pyridine rings is 1. The molecule has 1 aromatic carbocycles. The maximum absolute atomic E-state index is 4.94. The van der Waals surface area contributed by atoms with Crippen LogP contribution in [0.15, 0.2) is 30.3 Å². The fraction of sp³-hybridized carbons (Fsp3) is 0.435. The third kappa shape index (κ3) is 3.12. The summed E-state index contributed by atoms with van der Waals surface area (Å²) >= 11 is 0. The molecular formula is C23H30N4. The summed E-state index contributed by atoms with van der Waals surface area (Å²) in [6, 6.07) is 11.1. The fourth-order valence-electron chi connectivity index (χ4n) is 4.61. The lowest BCUT2D eigenvalue weighted by Crippen LogP contribution is -2.26. The second-order valence-electron chi connectivity index (χ2n) is 7.86. The van der Waals surface area contributed by atoms with Crippen molar-refractivity contribution in [2.75, 3.05) is 18.9 Å². The van der Waals surface area contributed by atoms with Gasteiger partial charge in [0.1, 0.15) is 11.5 Å². The van der Waals surface area contributed by atoms with Gasteiger partial charge >= 0.3 is 0 Å². The van der Waals surface area contributed by atoms with Gasteiger partial charge < -0.3 is 14.8 Å². The summed E-state index contributed by atoms with van der Waals surface area (Å²) in [6.45, 7) is 2.18. The van der Waals surface area contributed by atoms with Gasteiger partial charge in [0.25, 0.3) is 0 Å². The number of aryl methyl sites for hydroxylation is 2. The normalized spacial score (nSPS) is 16.5. The summed E-state index contributed by atoms with van der Waals surface area (Å²) in [6.07, 6.45) is 6.12. The van der Waals surface area contributed by atoms with Crippen molar-refractivity contribution in [1.82, 2.24) is 14.5 Å². The van der Waals surface area contributed by atoms with Crippen molar-refractivity contribution >= 4 is 22.5 Å². The van der Waals surface area contributed by atoms with Crippen LogP contribution in [-0.4, -0.2) is 28.0 Å². The number of rotatable bonds is 2. The average molecular weight is 363 g/mol. The van der Waals surface area contributed by atoms with Gasteiger partial charge in [-0.05, 0) is 80.1 Å². The maximum atomic E-state index is 4.94. The predicted octanol–water partition coefficient (Wildman–Crippen LogP) is 4.82. The number of aromatic nitrogens is 2. The molecule has 27 heavy (non-hydrogen) atoms. The van der Waals surface area contributed by atoms with Gasteiger partial charge in [0.2, 0.25) is 0 Å². The molecule has 4 nitrogen and oxygen atoms in total. The Morgan fingerprint density at radius 3 is 2.70 bits per heavy atom. The predicted molar refractivity (Wildman–Crippen MR) is 114 cm³/mol. The molecule has 0 saturated carbocycles. The molecular weight excluding hydrogens is 332 g/mol. The first-order chi connectivity index (χ1) is 12.7. The molecule has 0 atom stereocenters. The van der Waals surface area contributed by atoms with E-state index in [1.165, 1.54) is 53.5 Å². The van der Waals surface area contributed by atoms with Gasteiger partial charge in [-0.15, -0.1) is 0 Å². The van der Waals surface area contributed by atoms with E-state index < -0.39 is 0 Å². The molecule has 2 aromatic heterocycles. The largest absolute Gasteiger partial charge is 0.340 e. The Labute approximate surface area is 162 Å². The summed E-state index contributed by atoms with van der Waals surface area (Å²) in [4.78, 5) is 7.32. The monoisotopic (exact) mass is 362 g/mol. The van der Waals surface area contributed by atoms with E-state index in [1.54, 1.807) is 0 Å². The van der Waals surface area contributed by atoms with Crippen LogP contribution in [0.2, 0.25) is 0 Å². The van der Waals surface area contributed by atoms with E-state index in [-0.39, 0.29) is 7.43 Å². The Morgan fingerprint density at radius 1 is 0.963 bits per heavy atom. The van der Waals surface area contributed by atoms with Gasteiger partial charge in [0.15, 0.2) is 0 Å². The number of hydrogen-bond acceptors (Lipinski definition) is 3. The zero-order chi connectivity index (χ0) is 17.7. The van der Waals surface area contributed by atoms with Crippen LogP contribution in [0.4, 0.5) is 11.5 Å². The zero-order valence-electron chi connectivity index (χ0n) is 15.7. The molecule has 0 radical (unpaired) electrons. The number of hydrogen-bond donors (Lipinski definition) is 1. The molecule has 0 amide bonds. The van der Waals surface area contributed by atoms with Crippen molar-refractivity contribution in [3.8, 4) is 0 Å². The summed E-state index contributed by atoms with van der Waals surface area (Å²) in [5.41, 5.74) is 8.15. The Morgan fingerprint density at radius 2 is 1.81 bits per heavy atom. The molecule has 0 fully saturated rings. The minimum absolute atomic E-state index is 0. The van der Waals surface area contributed by atoms with Crippen molar-refractivity contribution in [2.45, 2.75) is 46.1 Å². The number of nitrogens with zero attached hydrogens (tertiary/aromatic N) is 3. The Kier molecular flexibility index (Phi) is 4.68. The van der Waals surface area contributed by atoms with Crippen molar-refractivity contribution in [3.05, 3.63) is 52.7 Å². The van der Waals surface area contributed by atoms with Crippen LogP contribution in [0.25, 0.3) is 11.0 Å². The van der Waals surface area contributed by atoms with Crippen LogP contribution >= 0.6 is 0 Å². The van der Waals surface area contributed by atoms with Crippen LogP contribution in [0.3, 0.4) is 0 Å². The topological polar surface area (TPSA) is 33.1 Å². The molecule has 1 aliphatic carbocycles. The van der Waals surface area contributed by atoms with E-state index in [9.17, 15) is 0 Å². The molecule has 0 saturated heterocycles. The van der Waals surface area contributed by atoms with E-state index in [0.29, 0.717) is 0 Å². The zero-order valence-corrected chi connectivity index (χ0v) is 15.7. The van der Waals surface area contributed by atoms with E-state index in [2.05, 4.69) is 59.2 Å². The van der Waals surface area contributed by atoms with Crippen molar-refractivity contribution in [2.24, 2.45) is 7.05 Å². The standard InChI is InChI=1S/C22H26N4.CH4/c1-25-12-11-15-7-8-17(13-16(15)14-25)23-21-10-9-19-18-5-3-4-6-20(18)26(2)22(19)24-21;/h7-10,13H,3-6,11-12,14H2,1-2H3,(H,23,24);1H4. The van der Waals surface area contributed by atoms with E-state index in [0.717, 1.165) is 36.7 Å². The van der Waals surface area contributed by atoms with Crippen LogP contribution in [0.1, 0.15) is 42.7 Å². The minimum atomic E-state index is 0. The van der Waals surface area contributed by atoms with Gasteiger partial charge in [-0.25, -0.2) is 4.98 Å². The lowest BCUT2D eigenvalue weighted by molar-refractivity contribution is 0.313. The van der Waals surface area contributed by atoms with E-state index >= 15 is 0 Å². The molecule has 2 aliphatic rings. The first-order valence-corrected chi connectivity index (χ1v) is 9.73. The number of likely N-dealkylation sites (N-methyl/N-ethyl adjacent to an activating group) is 1. The summed E-state index contributed by atoms with van der Waals surface area (Å²) in [7, 11) is 4.35. The van der Waals surface area contributed by atoms with Crippen LogP contribution in [-0.2, 0) is 32.9 Å². The fourth-order valence-corrected chi connectivity index (χ4v) is 4.61.